The molecule has 3 rings (SSSR count). The van der Waals surface area contributed by atoms with Gasteiger partial charge in [-0.05, 0) is 43.7 Å². The van der Waals surface area contributed by atoms with E-state index < -0.39 is 17.8 Å². The predicted molar refractivity (Wildman–Crippen MR) is 107 cm³/mol. The molecule has 6 nitrogen and oxygen atoms in total. The molecule has 2 aromatic rings. The summed E-state index contributed by atoms with van der Waals surface area (Å²) in [5.74, 6) is 0.564. The molecule has 3 N–H and O–H groups in total. The first-order chi connectivity index (χ1) is 13.7. The summed E-state index contributed by atoms with van der Waals surface area (Å²) in [7, 11) is 1.57. The van der Waals surface area contributed by atoms with Gasteiger partial charge in [0.05, 0.1) is 23.4 Å². The molecule has 1 aliphatic rings. The molecule has 29 heavy (non-hydrogen) atoms. The van der Waals surface area contributed by atoms with Gasteiger partial charge >= 0.3 is 6.18 Å². The number of aryl methyl sites for hydroxylation is 1. The molecule has 1 aromatic heterocycles. The van der Waals surface area contributed by atoms with Gasteiger partial charge in [0, 0.05) is 31.4 Å². The van der Waals surface area contributed by atoms with Crippen LogP contribution in [0.5, 0.6) is 0 Å². The topological polar surface area (TPSA) is 73.3 Å². The maximum atomic E-state index is 13.0. The summed E-state index contributed by atoms with van der Waals surface area (Å²) >= 11 is 0. The number of hydrogen-bond donors (Lipinski definition) is 3. The molecular formula is C20H26F3N5O. The molecule has 0 amide bonds. The minimum absolute atomic E-state index is 0.151. The number of aliphatic hydroxyl groups excluding tert-OH is 1. The van der Waals surface area contributed by atoms with E-state index in [4.69, 9.17) is 0 Å². The molecule has 0 saturated carbocycles. The molecule has 2 heterocycles. The number of halogens is 3. The van der Waals surface area contributed by atoms with Gasteiger partial charge in [0.1, 0.15) is 0 Å². The van der Waals surface area contributed by atoms with Crippen LogP contribution in [0.15, 0.2) is 24.3 Å². The van der Waals surface area contributed by atoms with Gasteiger partial charge in [-0.25, -0.2) is 0 Å². The van der Waals surface area contributed by atoms with Crippen molar-refractivity contribution in [3.05, 3.63) is 35.4 Å². The molecule has 9 heteroatoms. The van der Waals surface area contributed by atoms with Gasteiger partial charge in [0.15, 0.2) is 5.82 Å². The number of nitrogens with one attached hydrogen (secondary N) is 2. The zero-order valence-electron chi connectivity index (χ0n) is 16.7. The third kappa shape index (κ3) is 4.79. The largest absolute Gasteiger partial charge is 0.416 e. The zero-order chi connectivity index (χ0) is 21.2. The third-order valence-corrected chi connectivity index (χ3v) is 5.31. The van der Waals surface area contributed by atoms with Gasteiger partial charge in [-0.1, -0.05) is 13.0 Å². The highest BCUT2D eigenvalue weighted by atomic mass is 19.4. The van der Waals surface area contributed by atoms with Gasteiger partial charge in [0.25, 0.3) is 0 Å². The minimum atomic E-state index is -4.41. The predicted octanol–water partition coefficient (Wildman–Crippen LogP) is 3.38. The molecule has 1 aliphatic heterocycles. The number of piperidine rings is 1. The van der Waals surface area contributed by atoms with E-state index in [0.717, 1.165) is 30.8 Å². The second-order valence-corrected chi connectivity index (χ2v) is 7.27. The Morgan fingerprint density at radius 3 is 2.62 bits per heavy atom. The number of likely N-dealkylation sites (tertiary alicyclic amines) is 1. The lowest BCUT2D eigenvalue weighted by molar-refractivity contribution is -0.137. The highest BCUT2D eigenvalue weighted by Crippen LogP contribution is 2.35. The van der Waals surface area contributed by atoms with Crippen molar-refractivity contribution in [3.63, 3.8) is 0 Å². The summed E-state index contributed by atoms with van der Waals surface area (Å²) in [6.07, 6.45) is -4.19. The fourth-order valence-corrected chi connectivity index (χ4v) is 3.52. The Hall–Kier alpha value is -2.39. The molecule has 2 atom stereocenters. The molecule has 0 radical (unpaired) electrons. The highest BCUT2D eigenvalue weighted by molar-refractivity contribution is 5.76. The lowest BCUT2D eigenvalue weighted by Gasteiger charge is -2.36. The number of aliphatic hydroxyl groups is 1. The lowest BCUT2D eigenvalue weighted by atomic mass is 10.0. The van der Waals surface area contributed by atoms with Crippen LogP contribution in [0.25, 0.3) is 11.3 Å². The Balaban J connectivity index is 1.84. The van der Waals surface area contributed by atoms with E-state index >= 15 is 0 Å². The first-order valence-electron chi connectivity index (χ1n) is 9.63. The Bertz CT molecular complexity index is 858. The van der Waals surface area contributed by atoms with Crippen LogP contribution in [0.1, 0.15) is 24.5 Å². The number of aromatic nitrogens is 2. The first kappa shape index (κ1) is 21.3. The molecule has 1 fully saturated rings. The van der Waals surface area contributed by atoms with Crippen LogP contribution in [0, 0.1) is 6.92 Å². The first-order valence-corrected chi connectivity index (χ1v) is 9.63. The van der Waals surface area contributed by atoms with Crippen molar-refractivity contribution in [1.82, 2.24) is 15.1 Å². The average molecular weight is 409 g/mol. The summed E-state index contributed by atoms with van der Waals surface area (Å²) in [4.78, 5) is 2.25. The molecule has 0 unspecified atom stereocenters. The van der Waals surface area contributed by atoms with Gasteiger partial charge in [-0.15, -0.1) is 10.2 Å². The number of rotatable bonds is 5. The number of alkyl halides is 3. The summed E-state index contributed by atoms with van der Waals surface area (Å²) < 4.78 is 38.9. The molecule has 158 valence electrons. The lowest BCUT2D eigenvalue weighted by Crippen LogP contribution is -2.50. The minimum Gasteiger partial charge on any atom is -0.391 e. The summed E-state index contributed by atoms with van der Waals surface area (Å²) in [5, 5.41) is 24.8. The molecule has 0 bridgehead atoms. The van der Waals surface area contributed by atoms with E-state index in [1.165, 1.54) is 6.07 Å². The van der Waals surface area contributed by atoms with Gasteiger partial charge in [-0.2, -0.15) is 13.2 Å². The Labute approximate surface area is 168 Å². The van der Waals surface area contributed by atoms with Crippen molar-refractivity contribution in [2.24, 2.45) is 0 Å². The average Bonchev–Trinajstić information content (AvgIpc) is 2.69. The van der Waals surface area contributed by atoms with Crippen molar-refractivity contribution in [2.45, 2.75) is 38.6 Å². The fourth-order valence-electron chi connectivity index (χ4n) is 3.52. The van der Waals surface area contributed by atoms with Crippen LogP contribution < -0.4 is 10.6 Å². The van der Waals surface area contributed by atoms with Crippen molar-refractivity contribution in [2.75, 3.05) is 37.3 Å². The smallest absolute Gasteiger partial charge is 0.391 e. The van der Waals surface area contributed by atoms with E-state index in [0.29, 0.717) is 35.7 Å². The maximum absolute atomic E-state index is 13.0. The molecule has 0 spiro atoms. The Morgan fingerprint density at radius 1 is 1.24 bits per heavy atom. The van der Waals surface area contributed by atoms with Gasteiger partial charge in [0.2, 0.25) is 0 Å². The van der Waals surface area contributed by atoms with Crippen molar-refractivity contribution in [3.8, 4) is 11.3 Å². The van der Waals surface area contributed by atoms with E-state index in [9.17, 15) is 18.3 Å². The van der Waals surface area contributed by atoms with Gasteiger partial charge in [-0.3, -0.25) is 0 Å². The summed E-state index contributed by atoms with van der Waals surface area (Å²) in [6, 6.07) is 5.13. The van der Waals surface area contributed by atoms with Crippen LogP contribution in [0.4, 0.5) is 24.7 Å². The Kier molecular flexibility index (Phi) is 6.28. The Morgan fingerprint density at radius 2 is 2.00 bits per heavy atom. The summed E-state index contributed by atoms with van der Waals surface area (Å²) in [5.41, 5.74) is 1.43. The van der Waals surface area contributed by atoms with Crippen LogP contribution in [0.3, 0.4) is 0 Å². The number of likely N-dealkylation sites (N-methyl/N-ethyl adjacent to an activating group) is 1. The summed E-state index contributed by atoms with van der Waals surface area (Å²) in [6.45, 7) is 6.42. The maximum Gasteiger partial charge on any atom is 0.416 e. The third-order valence-electron chi connectivity index (χ3n) is 5.31. The zero-order valence-corrected chi connectivity index (χ0v) is 16.7. The van der Waals surface area contributed by atoms with Crippen molar-refractivity contribution < 1.29 is 18.3 Å². The molecule has 1 saturated heterocycles. The monoisotopic (exact) mass is 409 g/mol. The second kappa shape index (κ2) is 8.54. The van der Waals surface area contributed by atoms with E-state index in [1.807, 2.05) is 6.92 Å². The van der Waals surface area contributed by atoms with Crippen LogP contribution in [-0.4, -0.2) is 59.0 Å². The number of benzene rings is 1. The standard InChI is InChI=1S/C20H26F3N5O/c1-4-28-8-7-18(29)17(11-28)25-19-12(2)9-16(26-27-19)14-6-5-13(20(21,22)23)10-15(14)24-3/h5-6,9-10,17-18,24,29H,4,7-8,11H2,1-3H3,(H,25,27)/t17-,18+/m0/s1. The normalized spacial score (nSPS) is 20.5. The van der Waals surface area contributed by atoms with E-state index in [2.05, 4.69) is 32.7 Å². The highest BCUT2D eigenvalue weighted by Gasteiger charge is 2.31. The van der Waals surface area contributed by atoms with E-state index in [1.54, 1.807) is 13.1 Å². The molecular weight excluding hydrogens is 383 g/mol. The number of anilines is 2. The molecule has 0 aliphatic carbocycles. The fraction of sp³-hybridized carbons (Fsp3) is 0.500. The van der Waals surface area contributed by atoms with E-state index in [-0.39, 0.29) is 6.04 Å². The van der Waals surface area contributed by atoms with Gasteiger partial charge < -0.3 is 20.6 Å². The SMILES string of the molecule is CCN1CC[C@@H](O)[C@@H](Nc2nnc(-c3ccc(C(F)(F)F)cc3NC)cc2C)C1. The number of nitrogens with zero attached hydrogens (tertiary/aromatic N) is 3. The van der Waals surface area contributed by atoms with Crippen LogP contribution >= 0.6 is 0 Å². The van der Waals surface area contributed by atoms with Crippen LogP contribution in [-0.2, 0) is 6.18 Å². The quantitative estimate of drug-likeness (QED) is 0.703. The van der Waals surface area contributed by atoms with Crippen LogP contribution in [0.2, 0.25) is 0 Å². The van der Waals surface area contributed by atoms with Crippen molar-refractivity contribution >= 4 is 11.5 Å². The molecule has 1 aromatic carbocycles. The number of hydrogen-bond acceptors (Lipinski definition) is 6. The van der Waals surface area contributed by atoms with Crippen molar-refractivity contribution in [1.29, 1.82) is 0 Å². The second-order valence-electron chi connectivity index (χ2n) is 7.27.